The predicted octanol–water partition coefficient (Wildman–Crippen LogP) is 3.25. The van der Waals surface area contributed by atoms with E-state index in [4.69, 9.17) is 4.74 Å². The highest BCUT2D eigenvalue weighted by Crippen LogP contribution is 2.34. The number of amides is 1. The van der Waals surface area contributed by atoms with Crippen LogP contribution in [0, 0.1) is 0 Å². The Balaban J connectivity index is 1.58. The molecule has 1 atom stereocenters. The molecule has 0 unspecified atom stereocenters. The molecule has 1 aromatic heterocycles. The quantitative estimate of drug-likeness (QED) is 0.489. The lowest BCUT2D eigenvalue weighted by Gasteiger charge is -2.22. The zero-order valence-electron chi connectivity index (χ0n) is 16.3. The topological polar surface area (TPSA) is 87.7 Å². The van der Waals surface area contributed by atoms with Crippen LogP contribution in [0.4, 0.5) is 0 Å². The summed E-state index contributed by atoms with van der Waals surface area (Å²) >= 11 is 1.18. The molecule has 0 aliphatic carbocycles. The van der Waals surface area contributed by atoms with Crippen LogP contribution in [0.1, 0.15) is 23.6 Å². The van der Waals surface area contributed by atoms with Crippen LogP contribution in [-0.4, -0.2) is 39.5 Å². The molecule has 1 N–H and O–H groups in total. The fourth-order valence-electron chi connectivity index (χ4n) is 3.25. The largest absolute Gasteiger partial charge is 0.497 e. The molecule has 152 valence electrons. The van der Waals surface area contributed by atoms with Crippen LogP contribution in [0.25, 0.3) is 0 Å². The van der Waals surface area contributed by atoms with E-state index in [-0.39, 0.29) is 23.3 Å². The third-order valence-corrected chi connectivity index (χ3v) is 5.63. The van der Waals surface area contributed by atoms with Crippen molar-refractivity contribution in [1.29, 1.82) is 0 Å². The maximum absolute atomic E-state index is 13.0. The summed E-state index contributed by atoms with van der Waals surface area (Å²) < 4.78 is 5.25. The Labute approximate surface area is 177 Å². The fourth-order valence-corrected chi connectivity index (χ4v) is 3.95. The lowest BCUT2D eigenvalue weighted by molar-refractivity contribution is -0.130. The first-order chi connectivity index (χ1) is 14.6. The number of hydrogen-bond acceptors (Lipinski definition) is 6. The Hall–Kier alpha value is -3.39. The molecule has 1 amide bonds. The van der Waals surface area contributed by atoms with Gasteiger partial charge in [0.25, 0.3) is 11.5 Å². The first-order valence-electron chi connectivity index (χ1n) is 9.41. The standard InChI is InChI=1S/C22H20N4O3S/c1-29-17-9-7-16(8-10-17)19-13-18(15-5-3-2-4-6-15)25-26(19)21(28)14-30-22-23-12-11-20(27)24-22/h2-12,19H,13-14H2,1H3,(H,23,24,27)/t19-/m0/s1. The van der Waals surface area contributed by atoms with Crippen LogP contribution in [0.15, 0.2) is 81.9 Å². The number of nitrogens with zero attached hydrogens (tertiary/aromatic N) is 3. The minimum Gasteiger partial charge on any atom is -0.497 e. The van der Waals surface area contributed by atoms with Gasteiger partial charge in [0.15, 0.2) is 5.16 Å². The van der Waals surface area contributed by atoms with Crippen LogP contribution in [0.2, 0.25) is 0 Å². The number of methoxy groups -OCH3 is 1. The summed E-state index contributed by atoms with van der Waals surface area (Å²) in [6.45, 7) is 0. The molecule has 0 radical (unpaired) electrons. The molecule has 2 aromatic carbocycles. The molecule has 0 saturated heterocycles. The molecule has 1 aliphatic rings. The van der Waals surface area contributed by atoms with Crippen molar-refractivity contribution in [2.24, 2.45) is 5.10 Å². The number of nitrogens with one attached hydrogen (secondary N) is 1. The Bertz CT molecular complexity index is 1110. The predicted molar refractivity (Wildman–Crippen MR) is 116 cm³/mol. The van der Waals surface area contributed by atoms with Crippen molar-refractivity contribution in [3.63, 3.8) is 0 Å². The van der Waals surface area contributed by atoms with Gasteiger partial charge in [0.2, 0.25) is 0 Å². The van der Waals surface area contributed by atoms with Gasteiger partial charge in [-0.15, -0.1) is 0 Å². The second kappa shape index (κ2) is 8.96. The van der Waals surface area contributed by atoms with Crippen molar-refractivity contribution in [3.05, 3.63) is 88.3 Å². The van der Waals surface area contributed by atoms with Crippen molar-refractivity contribution in [1.82, 2.24) is 15.0 Å². The molecule has 2 heterocycles. The van der Waals surface area contributed by atoms with Gasteiger partial charge in [0.05, 0.1) is 24.6 Å². The number of ether oxygens (including phenoxy) is 1. The average Bonchev–Trinajstić information content (AvgIpc) is 3.24. The second-order valence-corrected chi connectivity index (χ2v) is 7.64. The summed E-state index contributed by atoms with van der Waals surface area (Å²) in [6, 6.07) is 18.6. The fraction of sp³-hybridized carbons (Fsp3) is 0.182. The minimum absolute atomic E-state index is 0.116. The molecule has 4 rings (SSSR count). The third-order valence-electron chi connectivity index (χ3n) is 4.75. The van der Waals surface area contributed by atoms with Crippen molar-refractivity contribution in [2.45, 2.75) is 17.6 Å². The van der Waals surface area contributed by atoms with Gasteiger partial charge in [-0.3, -0.25) is 9.59 Å². The van der Waals surface area contributed by atoms with E-state index in [2.05, 4.69) is 15.1 Å². The number of carbonyl (C=O) groups excluding carboxylic acids is 1. The molecule has 8 heteroatoms. The summed E-state index contributed by atoms with van der Waals surface area (Å²) in [5.41, 5.74) is 2.59. The highest BCUT2D eigenvalue weighted by molar-refractivity contribution is 7.99. The zero-order valence-corrected chi connectivity index (χ0v) is 17.1. The maximum Gasteiger partial charge on any atom is 0.253 e. The van der Waals surface area contributed by atoms with Gasteiger partial charge in [-0.25, -0.2) is 9.99 Å². The monoisotopic (exact) mass is 420 g/mol. The van der Waals surface area contributed by atoms with E-state index < -0.39 is 0 Å². The molecule has 1 aliphatic heterocycles. The Morgan fingerprint density at radius 1 is 1.17 bits per heavy atom. The van der Waals surface area contributed by atoms with Crippen molar-refractivity contribution >= 4 is 23.4 Å². The number of carbonyl (C=O) groups is 1. The van der Waals surface area contributed by atoms with E-state index in [1.54, 1.807) is 7.11 Å². The number of H-pyrrole nitrogens is 1. The van der Waals surface area contributed by atoms with E-state index in [1.807, 2.05) is 54.6 Å². The van der Waals surface area contributed by atoms with Crippen molar-refractivity contribution < 1.29 is 9.53 Å². The van der Waals surface area contributed by atoms with Gasteiger partial charge >= 0.3 is 0 Å². The number of aromatic amines is 1. The first kappa shape index (κ1) is 19.9. The maximum atomic E-state index is 13.0. The summed E-state index contributed by atoms with van der Waals surface area (Å²) in [4.78, 5) is 31.2. The Morgan fingerprint density at radius 2 is 1.93 bits per heavy atom. The van der Waals surface area contributed by atoms with Gasteiger partial charge in [0, 0.05) is 18.7 Å². The van der Waals surface area contributed by atoms with Gasteiger partial charge in [-0.2, -0.15) is 5.10 Å². The molecular weight excluding hydrogens is 400 g/mol. The number of hydrogen-bond donors (Lipinski definition) is 1. The number of aromatic nitrogens is 2. The second-order valence-electron chi connectivity index (χ2n) is 6.67. The summed E-state index contributed by atoms with van der Waals surface area (Å²) in [5, 5.41) is 6.60. The van der Waals surface area contributed by atoms with Gasteiger partial charge in [-0.1, -0.05) is 54.2 Å². The highest BCUT2D eigenvalue weighted by Gasteiger charge is 2.33. The summed E-state index contributed by atoms with van der Waals surface area (Å²) in [6.07, 6.45) is 2.04. The van der Waals surface area contributed by atoms with E-state index in [1.165, 1.54) is 29.0 Å². The van der Waals surface area contributed by atoms with Gasteiger partial charge < -0.3 is 9.72 Å². The molecule has 0 bridgehead atoms. The molecular formula is C22H20N4O3S. The molecule has 30 heavy (non-hydrogen) atoms. The number of hydrazone groups is 1. The van der Waals surface area contributed by atoms with E-state index >= 15 is 0 Å². The Kier molecular flexibility index (Phi) is 5.94. The van der Waals surface area contributed by atoms with Crippen molar-refractivity contribution in [2.75, 3.05) is 12.9 Å². The first-order valence-corrected chi connectivity index (χ1v) is 10.4. The van der Waals surface area contributed by atoms with Crippen LogP contribution in [0.3, 0.4) is 0 Å². The van der Waals surface area contributed by atoms with Crippen LogP contribution in [-0.2, 0) is 4.79 Å². The smallest absolute Gasteiger partial charge is 0.253 e. The SMILES string of the molecule is COc1ccc([C@@H]2CC(c3ccccc3)=NN2C(=O)CSc2nccc(=O)[nH]2)cc1. The van der Waals surface area contributed by atoms with Crippen molar-refractivity contribution in [3.8, 4) is 5.75 Å². The molecule has 0 saturated carbocycles. The Morgan fingerprint density at radius 3 is 2.63 bits per heavy atom. The van der Waals surface area contributed by atoms with E-state index in [0.717, 1.165) is 22.6 Å². The molecule has 7 nitrogen and oxygen atoms in total. The van der Waals surface area contributed by atoms with Crippen LogP contribution < -0.4 is 10.3 Å². The average molecular weight is 420 g/mol. The summed E-state index contributed by atoms with van der Waals surface area (Å²) in [5.74, 6) is 0.720. The van der Waals surface area contributed by atoms with E-state index in [0.29, 0.717) is 11.6 Å². The number of thioether (sulfide) groups is 1. The summed E-state index contributed by atoms with van der Waals surface area (Å²) in [7, 11) is 1.62. The number of benzene rings is 2. The van der Waals surface area contributed by atoms with E-state index in [9.17, 15) is 9.59 Å². The third kappa shape index (κ3) is 4.44. The zero-order chi connectivity index (χ0) is 20.9. The normalized spacial score (nSPS) is 15.7. The van der Waals surface area contributed by atoms with Gasteiger partial charge in [0.1, 0.15) is 5.75 Å². The molecule has 3 aromatic rings. The van der Waals surface area contributed by atoms with Crippen LogP contribution >= 0.6 is 11.8 Å². The molecule has 0 spiro atoms. The number of rotatable bonds is 6. The lowest BCUT2D eigenvalue weighted by Crippen LogP contribution is -2.28. The minimum atomic E-state index is -0.249. The van der Waals surface area contributed by atoms with Crippen LogP contribution in [0.5, 0.6) is 5.75 Å². The highest BCUT2D eigenvalue weighted by atomic mass is 32.2. The lowest BCUT2D eigenvalue weighted by atomic mass is 9.98. The molecule has 0 fully saturated rings. The van der Waals surface area contributed by atoms with Gasteiger partial charge in [-0.05, 0) is 23.3 Å².